The Hall–Kier alpha value is -1.94. The fraction of sp³-hybridized carbons (Fsp3) is 0.278. The summed E-state index contributed by atoms with van der Waals surface area (Å²) in [5, 5.41) is 0. The van der Waals surface area contributed by atoms with Gasteiger partial charge in [-0.2, -0.15) is 0 Å². The highest BCUT2D eigenvalue weighted by molar-refractivity contribution is 7.99. The summed E-state index contributed by atoms with van der Waals surface area (Å²) in [6.07, 6.45) is 0.459. The van der Waals surface area contributed by atoms with Crippen LogP contribution in [0.2, 0.25) is 0 Å². The van der Waals surface area contributed by atoms with Crippen molar-refractivity contribution in [3.8, 4) is 11.5 Å². The van der Waals surface area contributed by atoms with Gasteiger partial charge in [-0.1, -0.05) is 17.7 Å². The molecule has 0 saturated heterocycles. The minimum Gasteiger partial charge on any atom is -0.493 e. The van der Waals surface area contributed by atoms with Crippen LogP contribution < -0.4 is 9.47 Å². The summed E-state index contributed by atoms with van der Waals surface area (Å²) in [5.41, 5.74) is 1.93. The zero-order valence-electron chi connectivity index (χ0n) is 12.5. The largest absolute Gasteiger partial charge is 0.493 e. The van der Waals surface area contributed by atoms with E-state index in [9.17, 15) is 4.79 Å². The number of rotatable bonds is 5. The van der Waals surface area contributed by atoms with E-state index in [-0.39, 0.29) is 5.78 Å². The number of Topliss-reactive ketones (excluding diaryl/α,β-unsaturated/α-hetero) is 1. The molecule has 1 aliphatic heterocycles. The second-order valence-corrected chi connectivity index (χ2v) is 6.36. The van der Waals surface area contributed by atoms with Gasteiger partial charge in [0.1, 0.15) is 11.5 Å². The summed E-state index contributed by atoms with van der Waals surface area (Å²) in [4.78, 5) is 13.0. The minimum atomic E-state index is 0.141. The molecule has 2 aromatic carbocycles. The van der Waals surface area contributed by atoms with Crippen molar-refractivity contribution >= 4 is 17.5 Å². The molecule has 0 atom stereocenters. The van der Waals surface area contributed by atoms with Crippen molar-refractivity contribution in [3.05, 3.63) is 53.6 Å². The first-order valence-corrected chi connectivity index (χ1v) is 8.33. The number of ether oxygens (including phenoxy) is 2. The first-order valence-electron chi connectivity index (χ1n) is 7.35. The Labute approximate surface area is 134 Å². The number of ketones is 1. The maximum absolute atomic E-state index is 11.7. The van der Waals surface area contributed by atoms with Crippen molar-refractivity contribution in [3.63, 3.8) is 0 Å². The third kappa shape index (κ3) is 3.63. The molecule has 4 heteroatoms. The number of carbonyl (C=O) groups is 1. The molecule has 2 aromatic rings. The Bertz CT molecular complexity index is 665. The van der Waals surface area contributed by atoms with Gasteiger partial charge in [0.05, 0.1) is 18.8 Å². The molecule has 0 spiro atoms. The molecule has 3 rings (SSSR count). The van der Waals surface area contributed by atoms with Crippen LogP contribution in [0.1, 0.15) is 22.3 Å². The second-order valence-electron chi connectivity index (χ2n) is 5.19. The Kier molecular flexibility index (Phi) is 4.68. The van der Waals surface area contributed by atoms with Gasteiger partial charge >= 0.3 is 0 Å². The summed E-state index contributed by atoms with van der Waals surface area (Å²) >= 11 is 1.77. The number of carbonyl (C=O) groups excluding carboxylic acids is 1. The predicted octanol–water partition coefficient (Wildman–Crippen LogP) is 4.13. The molecular formula is C18H18O3S. The molecule has 0 amide bonds. The van der Waals surface area contributed by atoms with E-state index in [1.807, 2.05) is 12.1 Å². The lowest BCUT2D eigenvalue weighted by molar-refractivity contribution is 0.0933. The average Bonchev–Trinajstić information content (AvgIpc) is 2.53. The van der Waals surface area contributed by atoms with Crippen molar-refractivity contribution in [2.24, 2.45) is 0 Å². The Morgan fingerprint density at radius 3 is 2.82 bits per heavy atom. The summed E-state index contributed by atoms with van der Waals surface area (Å²) in [5.74, 6) is 2.40. The number of aryl methyl sites for hydroxylation is 1. The third-order valence-electron chi connectivity index (χ3n) is 3.48. The molecule has 0 unspecified atom stereocenters. The number of hydrogen-bond acceptors (Lipinski definition) is 4. The van der Waals surface area contributed by atoms with Crippen LogP contribution in [0.4, 0.5) is 0 Å². The van der Waals surface area contributed by atoms with Crippen molar-refractivity contribution in [1.82, 2.24) is 0 Å². The van der Waals surface area contributed by atoms with E-state index in [0.717, 1.165) is 11.5 Å². The van der Waals surface area contributed by atoms with Gasteiger partial charge in [-0.05, 0) is 31.2 Å². The van der Waals surface area contributed by atoms with E-state index in [4.69, 9.17) is 9.47 Å². The maximum Gasteiger partial charge on any atom is 0.169 e. The Balaban J connectivity index is 1.51. The van der Waals surface area contributed by atoms with Gasteiger partial charge in [0.2, 0.25) is 0 Å². The normalized spacial score (nSPS) is 13.4. The molecule has 0 N–H and O–H groups in total. The standard InChI is InChI=1S/C18H18O3S/c1-13-2-5-15(6-3-13)22-11-10-20-14-4-7-16-17(19)8-9-21-18(16)12-14/h2-7,12H,8-11H2,1H3. The molecule has 22 heavy (non-hydrogen) atoms. The summed E-state index contributed by atoms with van der Waals surface area (Å²) < 4.78 is 11.3. The van der Waals surface area contributed by atoms with Crippen molar-refractivity contribution in [1.29, 1.82) is 0 Å². The molecular weight excluding hydrogens is 296 g/mol. The first-order chi connectivity index (χ1) is 10.7. The minimum absolute atomic E-state index is 0.141. The van der Waals surface area contributed by atoms with E-state index < -0.39 is 0 Å². The SMILES string of the molecule is Cc1ccc(SCCOc2ccc3c(c2)OCCC3=O)cc1. The van der Waals surface area contributed by atoms with Gasteiger partial charge in [0, 0.05) is 23.1 Å². The Morgan fingerprint density at radius 1 is 1.18 bits per heavy atom. The number of hydrogen-bond donors (Lipinski definition) is 0. The lowest BCUT2D eigenvalue weighted by Gasteiger charge is -2.17. The van der Waals surface area contributed by atoms with Gasteiger partial charge in [0.25, 0.3) is 0 Å². The smallest absolute Gasteiger partial charge is 0.169 e. The topological polar surface area (TPSA) is 35.5 Å². The average molecular weight is 314 g/mol. The molecule has 0 bridgehead atoms. The third-order valence-corrected chi connectivity index (χ3v) is 4.46. The van der Waals surface area contributed by atoms with Crippen LogP contribution in [0.25, 0.3) is 0 Å². The van der Waals surface area contributed by atoms with Crippen LogP contribution in [0.5, 0.6) is 11.5 Å². The van der Waals surface area contributed by atoms with Gasteiger partial charge in [-0.25, -0.2) is 0 Å². The fourth-order valence-electron chi connectivity index (χ4n) is 2.28. The zero-order chi connectivity index (χ0) is 15.4. The highest BCUT2D eigenvalue weighted by atomic mass is 32.2. The molecule has 0 fully saturated rings. The summed E-state index contributed by atoms with van der Waals surface area (Å²) in [6, 6.07) is 13.9. The van der Waals surface area contributed by atoms with Crippen LogP contribution in [-0.4, -0.2) is 24.7 Å². The summed E-state index contributed by atoms with van der Waals surface area (Å²) in [6.45, 7) is 3.16. The van der Waals surface area contributed by atoms with E-state index in [2.05, 4.69) is 31.2 Å². The fourth-order valence-corrected chi connectivity index (χ4v) is 3.02. The quantitative estimate of drug-likeness (QED) is 0.614. The molecule has 0 radical (unpaired) electrons. The molecule has 0 saturated carbocycles. The number of thioether (sulfide) groups is 1. The maximum atomic E-state index is 11.7. The first kappa shape index (κ1) is 15.0. The highest BCUT2D eigenvalue weighted by Gasteiger charge is 2.18. The monoisotopic (exact) mass is 314 g/mol. The van der Waals surface area contributed by atoms with Gasteiger partial charge < -0.3 is 9.47 Å². The molecule has 0 aromatic heterocycles. The van der Waals surface area contributed by atoms with Crippen molar-refractivity contribution < 1.29 is 14.3 Å². The van der Waals surface area contributed by atoms with Crippen molar-refractivity contribution in [2.45, 2.75) is 18.2 Å². The van der Waals surface area contributed by atoms with E-state index in [0.29, 0.717) is 30.9 Å². The van der Waals surface area contributed by atoms with Gasteiger partial charge in [0.15, 0.2) is 5.78 Å². The van der Waals surface area contributed by atoms with E-state index >= 15 is 0 Å². The lowest BCUT2D eigenvalue weighted by atomic mass is 10.1. The van der Waals surface area contributed by atoms with Crippen LogP contribution in [0, 0.1) is 6.92 Å². The van der Waals surface area contributed by atoms with Crippen LogP contribution in [0.15, 0.2) is 47.4 Å². The highest BCUT2D eigenvalue weighted by Crippen LogP contribution is 2.29. The number of benzene rings is 2. The van der Waals surface area contributed by atoms with E-state index in [1.54, 1.807) is 17.8 Å². The molecule has 1 aliphatic rings. The predicted molar refractivity (Wildman–Crippen MR) is 88.3 cm³/mol. The molecule has 3 nitrogen and oxygen atoms in total. The van der Waals surface area contributed by atoms with Crippen LogP contribution in [-0.2, 0) is 0 Å². The van der Waals surface area contributed by atoms with Gasteiger partial charge in [-0.15, -0.1) is 11.8 Å². The lowest BCUT2D eigenvalue weighted by Crippen LogP contribution is -2.15. The van der Waals surface area contributed by atoms with E-state index in [1.165, 1.54) is 10.5 Å². The molecule has 0 aliphatic carbocycles. The second kappa shape index (κ2) is 6.88. The van der Waals surface area contributed by atoms with Gasteiger partial charge in [-0.3, -0.25) is 4.79 Å². The number of fused-ring (bicyclic) bond motifs is 1. The van der Waals surface area contributed by atoms with Crippen molar-refractivity contribution in [2.75, 3.05) is 19.0 Å². The Morgan fingerprint density at radius 2 is 2.00 bits per heavy atom. The van der Waals surface area contributed by atoms with Crippen LogP contribution >= 0.6 is 11.8 Å². The summed E-state index contributed by atoms with van der Waals surface area (Å²) in [7, 11) is 0. The molecule has 1 heterocycles. The zero-order valence-corrected chi connectivity index (χ0v) is 13.3. The molecule has 114 valence electrons. The van der Waals surface area contributed by atoms with Crippen LogP contribution in [0.3, 0.4) is 0 Å².